The minimum Gasteiger partial charge on any atom is -0.772 e. The predicted molar refractivity (Wildman–Crippen MR) is 69.4 cm³/mol. The molecule has 0 fully saturated rings. The van der Waals surface area contributed by atoms with Gasteiger partial charge in [-0.3, -0.25) is 4.21 Å². The first-order chi connectivity index (χ1) is 6.54. The molecule has 0 rings (SSSR count). The molecule has 0 bridgehead atoms. The van der Waals surface area contributed by atoms with Crippen LogP contribution in [0.4, 0.5) is 0 Å². The van der Waals surface area contributed by atoms with Crippen LogP contribution in [0.1, 0.15) is 12.8 Å². The van der Waals surface area contributed by atoms with E-state index in [4.69, 9.17) is 12.2 Å². The number of rotatable bonds is 6. The molecule has 0 spiro atoms. The molecule has 0 aliphatic heterocycles. The third-order valence-electron chi connectivity index (χ3n) is 1.28. The summed E-state index contributed by atoms with van der Waals surface area (Å²) < 4.78 is 21.2. The van der Waals surface area contributed by atoms with Gasteiger partial charge in [0.2, 0.25) is 0 Å². The fraction of sp³-hybridized carbons (Fsp3) is 0.857. The molecule has 0 aliphatic carbocycles. The van der Waals surface area contributed by atoms with Gasteiger partial charge in [-0.05, 0) is 23.6 Å². The Bertz CT molecular complexity index is 203. The maximum absolute atomic E-state index is 10.2. The number of unbranched alkanes of at least 4 members (excludes halogenated alkanes) is 1. The van der Waals surface area contributed by atoms with E-state index >= 15 is 0 Å². The molecule has 0 aromatic heterocycles. The van der Waals surface area contributed by atoms with Crippen LogP contribution in [0.5, 0.6) is 0 Å². The number of hydrogen-bond donors (Lipinski definition) is 0. The Balaban J connectivity index is 0. The molecule has 0 N–H and O–H groups in total. The second kappa shape index (κ2) is 12.2. The van der Waals surface area contributed by atoms with E-state index in [0.29, 0.717) is 0 Å². The van der Waals surface area contributed by atoms with Gasteiger partial charge in [0.25, 0.3) is 0 Å². The summed E-state index contributed by atoms with van der Waals surface area (Å²) in [4.78, 5) is 1.89. The molecular weight excluding hydrogens is 281 g/mol. The Hall–Kier alpha value is 1.70. The van der Waals surface area contributed by atoms with E-state index in [-0.39, 0.29) is 35.3 Å². The molecule has 3 nitrogen and oxygen atoms in total. The van der Waals surface area contributed by atoms with Gasteiger partial charge < -0.3 is 9.45 Å². The van der Waals surface area contributed by atoms with E-state index < -0.39 is 11.1 Å². The third-order valence-corrected chi connectivity index (χ3v) is 5.25. The van der Waals surface area contributed by atoms with Crippen molar-refractivity contribution >= 4 is 49.2 Å². The van der Waals surface area contributed by atoms with Crippen molar-refractivity contribution in [3.63, 3.8) is 0 Å². The van der Waals surface area contributed by atoms with E-state index in [0.717, 1.165) is 22.9 Å². The minimum atomic E-state index is -1.89. The van der Waals surface area contributed by atoms with Gasteiger partial charge in [-0.2, -0.15) is 0 Å². The first-order valence-electron chi connectivity index (χ1n) is 4.10. The van der Waals surface area contributed by atoms with E-state index in [1.165, 1.54) is 0 Å². The standard InChI is InChI=1S/C7H15NO2S4.Na/c1-8(2)7(11)13-12-5-3-4-6-14(9)10;/h3-6H2,1-2H3,(H,9,10);/q;+1/p-1. The fourth-order valence-electron chi connectivity index (χ4n) is 0.548. The molecule has 0 aromatic carbocycles. The van der Waals surface area contributed by atoms with Crippen molar-refractivity contribution in [1.82, 2.24) is 4.90 Å². The topological polar surface area (TPSA) is 43.4 Å². The molecule has 15 heavy (non-hydrogen) atoms. The molecule has 84 valence electrons. The van der Waals surface area contributed by atoms with Crippen molar-refractivity contribution in [3.05, 3.63) is 0 Å². The maximum Gasteiger partial charge on any atom is 1.00 e. The van der Waals surface area contributed by atoms with Crippen LogP contribution in [0.25, 0.3) is 0 Å². The Morgan fingerprint density at radius 3 is 2.53 bits per heavy atom. The summed E-state index contributed by atoms with van der Waals surface area (Å²) in [7, 11) is 7.06. The third kappa shape index (κ3) is 13.6. The second-order valence-electron chi connectivity index (χ2n) is 2.78. The van der Waals surface area contributed by atoms with E-state index in [1.807, 2.05) is 19.0 Å². The van der Waals surface area contributed by atoms with Crippen molar-refractivity contribution in [1.29, 1.82) is 0 Å². The number of hydrogen-bond acceptors (Lipinski definition) is 5. The molecule has 0 saturated carbocycles. The van der Waals surface area contributed by atoms with Crippen molar-refractivity contribution in [2.24, 2.45) is 0 Å². The minimum absolute atomic E-state index is 0. The smallest absolute Gasteiger partial charge is 0.772 e. The van der Waals surface area contributed by atoms with Crippen LogP contribution < -0.4 is 29.6 Å². The Morgan fingerprint density at radius 2 is 2.07 bits per heavy atom. The van der Waals surface area contributed by atoms with E-state index in [1.54, 1.807) is 21.6 Å². The van der Waals surface area contributed by atoms with Crippen LogP contribution in [-0.4, -0.2) is 43.6 Å². The van der Waals surface area contributed by atoms with Gasteiger partial charge in [-0.25, -0.2) is 0 Å². The zero-order valence-corrected chi connectivity index (χ0v) is 14.5. The molecule has 0 amide bonds. The van der Waals surface area contributed by atoms with Gasteiger partial charge in [0.15, 0.2) is 0 Å². The molecule has 1 unspecified atom stereocenters. The van der Waals surface area contributed by atoms with E-state index in [2.05, 4.69) is 0 Å². The Kier molecular flexibility index (Phi) is 15.4. The fourth-order valence-corrected chi connectivity index (χ4v) is 3.43. The summed E-state index contributed by atoms with van der Waals surface area (Å²) in [5.41, 5.74) is 0. The van der Waals surface area contributed by atoms with Crippen molar-refractivity contribution in [2.45, 2.75) is 12.8 Å². The van der Waals surface area contributed by atoms with Gasteiger partial charge >= 0.3 is 29.6 Å². The first-order valence-corrected chi connectivity index (χ1v) is 8.07. The summed E-state index contributed by atoms with van der Waals surface area (Å²) in [6, 6.07) is 0. The molecule has 0 saturated heterocycles. The zero-order valence-electron chi connectivity index (χ0n) is 9.23. The van der Waals surface area contributed by atoms with Crippen LogP contribution in [0.15, 0.2) is 0 Å². The van der Waals surface area contributed by atoms with E-state index in [9.17, 15) is 8.76 Å². The van der Waals surface area contributed by atoms with Gasteiger partial charge in [0.1, 0.15) is 4.32 Å². The van der Waals surface area contributed by atoms with Gasteiger partial charge in [0, 0.05) is 25.6 Å². The molecule has 0 heterocycles. The van der Waals surface area contributed by atoms with Crippen LogP contribution in [0, 0.1) is 0 Å². The molecule has 0 aromatic rings. The normalized spacial score (nSPS) is 11.7. The van der Waals surface area contributed by atoms with Crippen LogP contribution >= 0.6 is 33.8 Å². The van der Waals surface area contributed by atoms with Crippen LogP contribution in [0.3, 0.4) is 0 Å². The molecular formula is C7H14NNaO2S4. The second-order valence-corrected chi connectivity index (χ2v) is 6.85. The number of thiocarbonyl (C=S) groups is 1. The van der Waals surface area contributed by atoms with Gasteiger partial charge in [-0.15, -0.1) is 0 Å². The largest absolute Gasteiger partial charge is 1.00 e. The van der Waals surface area contributed by atoms with Gasteiger partial charge in [0.05, 0.1) is 0 Å². The van der Waals surface area contributed by atoms with Crippen molar-refractivity contribution < 1.29 is 38.3 Å². The van der Waals surface area contributed by atoms with Gasteiger partial charge in [-0.1, -0.05) is 34.1 Å². The Labute approximate surface area is 129 Å². The average Bonchev–Trinajstić information content (AvgIpc) is 2.09. The molecule has 1 atom stereocenters. The summed E-state index contributed by atoms with van der Waals surface area (Å²) in [5, 5.41) is 0. The molecule has 8 heteroatoms. The maximum atomic E-state index is 10.2. The van der Waals surface area contributed by atoms with Crippen molar-refractivity contribution in [3.8, 4) is 0 Å². The monoisotopic (exact) mass is 295 g/mol. The SMILES string of the molecule is CN(C)C(=S)SSCCCCS(=O)[O-].[Na+]. The number of nitrogens with zero attached hydrogens (tertiary/aromatic N) is 1. The first kappa shape index (κ1) is 19.0. The Morgan fingerprint density at radius 1 is 1.47 bits per heavy atom. The summed E-state index contributed by atoms with van der Waals surface area (Å²) in [6.45, 7) is 0. The van der Waals surface area contributed by atoms with Crippen molar-refractivity contribution in [2.75, 3.05) is 25.6 Å². The molecule has 0 aliphatic rings. The predicted octanol–water partition coefficient (Wildman–Crippen LogP) is -1.12. The zero-order chi connectivity index (χ0) is 11.0. The summed E-state index contributed by atoms with van der Waals surface area (Å²) in [5.74, 6) is 1.21. The quantitative estimate of drug-likeness (QED) is 0.203. The molecule has 0 radical (unpaired) electrons. The average molecular weight is 295 g/mol. The van der Waals surface area contributed by atoms with Crippen LogP contribution in [0.2, 0.25) is 0 Å². The summed E-state index contributed by atoms with van der Waals surface area (Å²) in [6.07, 6.45) is 1.65. The summed E-state index contributed by atoms with van der Waals surface area (Å²) >= 11 is 3.18. The van der Waals surface area contributed by atoms with Crippen LogP contribution in [-0.2, 0) is 11.1 Å².